The second kappa shape index (κ2) is 4.25. The van der Waals surface area contributed by atoms with Crippen molar-refractivity contribution in [2.24, 2.45) is 5.41 Å². The van der Waals surface area contributed by atoms with E-state index in [1.54, 1.807) is 6.07 Å². The molecule has 1 aromatic heterocycles. The highest BCUT2D eigenvalue weighted by Crippen LogP contribution is 2.27. The topological polar surface area (TPSA) is 67.2 Å². The lowest BCUT2D eigenvalue weighted by Crippen LogP contribution is -2.45. The first-order valence-corrected chi connectivity index (χ1v) is 5.56. The fraction of sp³-hybridized carbons (Fsp3) is 0.636. The van der Waals surface area contributed by atoms with E-state index in [1.165, 1.54) is 0 Å². The highest BCUT2D eigenvalue weighted by atomic mass is 16.5. The average molecular weight is 223 g/mol. The maximum Gasteiger partial charge on any atom is 0.233 e. The van der Waals surface area contributed by atoms with Crippen molar-refractivity contribution in [1.29, 1.82) is 0 Å². The SMILES string of the molecule is Cc1cc(NC(=O)C2(C)CCCNC2)on1. The van der Waals surface area contributed by atoms with Gasteiger partial charge in [0.15, 0.2) is 0 Å². The summed E-state index contributed by atoms with van der Waals surface area (Å²) in [5, 5.41) is 9.74. The molecule has 16 heavy (non-hydrogen) atoms. The van der Waals surface area contributed by atoms with Gasteiger partial charge >= 0.3 is 0 Å². The van der Waals surface area contributed by atoms with Crippen molar-refractivity contribution in [3.8, 4) is 0 Å². The quantitative estimate of drug-likeness (QED) is 0.793. The third-order valence-electron chi connectivity index (χ3n) is 3.01. The van der Waals surface area contributed by atoms with Gasteiger partial charge < -0.3 is 9.84 Å². The predicted molar refractivity (Wildman–Crippen MR) is 60.1 cm³/mol. The van der Waals surface area contributed by atoms with Crippen LogP contribution in [-0.4, -0.2) is 24.2 Å². The molecule has 1 atom stereocenters. The van der Waals surface area contributed by atoms with E-state index in [0.29, 0.717) is 12.4 Å². The number of nitrogens with one attached hydrogen (secondary N) is 2. The van der Waals surface area contributed by atoms with Crippen molar-refractivity contribution in [3.05, 3.63) is 11.8 Å². The van der Waals surface area contributed by atoms with Gasteiger partial charge in [-0.05, 0) is 33.2 Å². The van der Waals surface area contributed by atoms with Crippen LogP contribution in [0, 0.1) is 12.3 Å². The molecule has 2 rings (SSSR count). The molecule has 0 bridgehead atoms. The monoisotopic (exact) mass is 223 g/mol. The summed E-state index contributed by atoms with van der Waals surface area (Å²) in [5.41, 5.74) is 0.418. The molecule has 1 aromatic rings. The van der Waals surface area contributed by atoms with Gasteiger partial charge in [-0.1, -0.05) is 5.16 Å². The van der Waals surface area contributed by atoms with E-state index in [1.807, 2.05) is 13.8 Å². The lowest BCUT2D eigenvalue weighted by molar-refractivity contribution is -0.125. The highest BCUT2D eigenvalue weighted by Gasteiger charge is 2.35. The summed E-state index contributed by atoms with van der Waals surface area (Å²) < 4.78 is 4.97. The molecule has 1 aliphatic heterocycles. The fourth-order valence-corrected chi connectivity index (χ4v) is 1.94. The molecular formula is C11H17N3O2. The highest BCUT2D eigenvalue weighted by molar-refractivity contribution is 5.94. The first kappa shape index (κ1) is 11.1. The van der Waals surface area contributed by atoms with E-state index >= 15 is 0 Å². The first-order chi connectivity index (χ1) is 7.60. The van der Waals surface area contributed by atoms with Crippen LogP contribution in [0.2, 0.25) is 0 Å². The summed E-state index contributed by atoms with van der Waals surface area (Å²) in [6, 6.07) is 1.72. The molecule has 1 aliphatic rings. The maximum atomic E-state index is 12.1. The van der Waals surface area contributed by atoms with Crippen LogP contribution in [0.25, 0.3) is 0 Å². The summed E-state index contributed by atoms with van der Waals surface area (Å²) in [4.78, 5) is 12.1. The van der Waals surface area contributed by atoms with Gasteiger partial charge in [-0.2, -0.15) is 0 Å². The molecule has 0 spiro atoms. The minimum absolute atomic E-state index is 0.00384. The van der Waals surface area contributed by atoms with Crippen molar-refractivity contribution < 1.29 is 9.32 Å². The Hall–Kier alpha value is -1.36. The van der Waals surface area contributed by atoms with Crippen LogP contribution in [0.4, 0.5) is 5.88 Å². The van der Waals surface area contributed by atoms with Gasteiger partial charge in [-0.3, -0.25) is 10.1 Å². The number of rotatable bonds is 2. The van der Waals surface area contributed by atoms with Crippen LogP contribution in [-0.2, 0) is 4.79 Å². The van der Waals surface area contributed by atoms with Gasteiger partial charge in [0, 0.05) is 12.6 Å². The van der Waals surface area contributed by atoms with E-state index in [9.17, 15) is 4.79 Å². The Morgan fingerprint density at radius 2 is 2.50 bits per heavy atom. The van der Waals surface area contributed by atoms with Crippen molar-refractivity contribution in [1.82, 2.24) is 10.5 Å². The number of hydrogen-bond acceptors (Lipinski definition) is 4. The molecule has 0 saturated carbocycles. The average Bonchev–Trinajstić information content (AvgIpc) is 2.65. The Labute approximate surface area is 94.6 Å². The molecule has 0 radical (unpaired) electrons. The zero-order valence-electron chi connectivity index (χ0n) is 9.67. The van der Waals surface area contributed by atoms with Crippen LogP contribution < -0.4 is 10.6 Å². The van der Waals surface area contributed by atoms with E-state index < -0.39 is 0 Å². The number of piperidine rings is 1. The summed E-state index contributed by atoms with van der Waals surface area (Å²) >= 11 is 0. The van der Waals surface area contributed by atoms with Crippen LogP contribution >= 0.6 is 0 Å². The number of amides is 1. The molecule has 5 heteroatoms. The Balaban J connectivity index is 2.01. The van der Waals surface area contributed by atoms with Crippen LogP contribution in [0.1, 0.15) is 25.5 Å². The van der Waals surface area contributed by atoms with Crippen molar-refractivity contribution in [2.75, 3.05) is 18.4 Å². The van der Waals surface area contributed by atoms with Crippen molar-refractivity contribution >= 4 is 11.8 Å². The normalized spacial score (nSPS) is 25.4. The van der Waals surface area contributed by atoms with E-state index in [4.69, 9.17) is 4.52 Å². The van der Waals surface area contributed by atoms with Gasteiger partial charge in [0.1, 0.15) is 0 Å². The number of anilines is 1. The number of carbonyl (C=O) groups is 1. The van der Waals surface area contributed by atoms with Crippen molar-refractivity contribution in [3.63, 3.8) is 0 Å². The standard InChI is InChI=1S/C11H17N3O2/c1-8-6-9(16-14-8)13-10(15)11(2)4-3-5-12-7-11/h6,12H,3-5,7H2,1-2H3,(H,13,15). The molecule has 1 unspecified atom stereocenters. The molecular weight excluding hydrogens is 206 g/mol. The van der Waals surface area contributed by atoms with Gasteiger partial charge in [0.2, 0.25) is 11.8 Å². The second-order valence-corrected chi connectivity index (χ2v) is 4.63. The first-order valence-electron chi connectivity index (χ1n) is 5.56. The minimum Gasteiger partial charge on any atom is -0.338 e. The largest absolute Gasteiger partial charge is 0.338 e. The van der Waals surface area contributed by atoms with E-state index in [-0.39, 0.29) is 11.3 Å². The summed E-state index contributed by atoms with van der Waals surface area (Å²) in [5.74, 6) is 0.421. The van der Waals surface area contributed by atoms with E-state index in [2.05, 4.69) is 15.8 Å². The Kier molecular flexibility index (Phi) is 2.96. The third-order valence-corrected chi connectivity index (χ3v) is 3.01. The minimum atomic E-state index is -0.348. The van der Waals surface area contributed by atoms with Crippen LogP contribution in [0.5, 0.6) is 0 Å². The lowest BCUT2D eigenvalue weighted by atomic mass is 9.82. The van der Waals surface area contributed by atoms with Gasteiger partial charge in [-0.25, -0.2) is 0 Å². The van der Waals surface area contributed by atoms with Crippen LogP contribution in [0.15, 0.2) is 10.6 Å². The molecule has 1 amide bonds. The summed E-state index contributed by atoms with van der Waals surface area (Å²) in [6.45, 7) is 5.50. The second-order valence-electron chi connectivity index (χ2n) is 4.63. The molecule has 0 aliphatic carbocycles. The Morgan fingerprint density at radius 3 is 3.06 bits per heavy atom. The molecule has 1 fully saturated rings. The van der Waals surface area contributed by atoms with E-state index in [0.717, 1.165) is 25.1 Å². The molecule has 2 heterocycles. The summed E-state index contributed by atoms with van der Waals surface area (Å²) in [7, 11) is 0. The predicted octanol–water partition coefficient (Wildman–Crippen LogP) is 1.31. The maximum absolute atomic E-state index is 12.1. The van der Waals surface area contributed by atoms with Gasteiger partial charge in [0.05, 0.1) is 11.1 Å². The smallest absolute Gasteiger partial charge is 0.233 e. The Bertz CT molecular complexity index is 380. The molecule has 5 nitrogen and oxygen atoms in total. The third kappa shape index (κ3) is 2.24. The molecule has 1 saturated heterocycles. The van der Waals surface area contributed by atoms with Crippen molar-refractivity contribution in [2.45, 2.75) is 26.7 Å². The molecule has 88 valence electrons. The van der Waals surface area contributed by atoms with Gasteiger partial charge in [0.25, 0.3) is 0 Å². The summed E-state index contributed by atoms with van der Waals surface area (Å²) in [6.07, 6.45) is 1.93. The number of aromatic nitrogens is 1. The zero-order valence-corrected chi connectivity index (χ0v) is 9.67. The molecule has 0 aromatic carbocycles. The lowest BCUT2D eigenvalue weighted by Gasteiger charge is -2.32. The van der Waals surface area contributed by atoms with Crippen LogP contribution in [0.3, 0.4) is 0 Å². The molecule has 2 N–H and O–H groups in total. The number of hydrogen-bond donors (Lipinski definition) is 2. The van der Waals surface area contributed by atoms with Gasteiger partial charge in [-0.15, -0.1) is 0 Å². The number of aryl methyl sites for hydroxylation is 1. The zero-order chi connectivity index (χ0) is 11.6. The number of nitrogens with zero attached hydrogens (tertiary/aromatic N) is 1. The Morgan fingerprint density at radius 1 is 1.69 bits per heavy atom. The number of carbonyl (C=O) groups excluding carboxylic acids is 1. The fourth-order valence-electron chi connectivity index (χ4n) is 1.94.